The van der Waals surface area contributed by atoms with Crippen LogP contribution in [-0.2, 0) is 14.3 Å². The standard InChI is InChI=1S/C13H19F3N2O4/c14-13(15,16)9-1-2-18(10(7-9)12(20)21)11(19)8-17-3-5-22-6-4-17/h9-10H,1-8H2,(H,20,21). The Morgan fingerprint density at radius 3 is 2.36 bits per heavy atom. The molecule has 2 aliphatic heterocycles. The summed E-state index contributed by atoms with van der Waals surface area (Å²) in [5.41, 5.74) is 0. The molecule has 0 radical (unpaired) electrons. The number of piperidine rings is 1. The van der Waals surface area contributed by atoms with Crippen LogP contribution in [0.2, 0.25) is 0 Å². The van der Waals surface area contributed by atoms with Gasteiger partial charge >= 0.3 is 12.1 Å². The minimum atomic E-state index is -4.42. The molecule has 1 amide bonds. The summed E-state index contributed by atoms with van der Waals surface area (Å²) < 4.78 is 43.4. The number of carboxylic acid groups (broad SMARTS) is 1. The Balaban J connectivity index is 1.99. The normalized spacial score (nSPS) is 27.7. The third-order valence-electron chi connectivity index (χ3n) is 4.13. The number of carbonyl (C=O) groups is 2. The first-order valence-electron chi connectivity index (χ1n) is 7.18. The Bertz CT molecular complexity index is 424. The van der Waals surface area contributed by atoms with Crippen LogP contribution in [0.25, 0.3) is 0 Å². The zero-order valence-corrected chi connectivity index (χ0v) is 12.0. The van der Waals surface area contributed by atoms with Gasteiger partial charge in [0.05, 0.1) is 25.7 Å². The monoisotopic (exact) mass is 324 g/mol. The maximum absolute atomic E-state index is 12.8. The molecule has 0 aromatic carbocycles. The van der Waals surface area contributed by atoms with Gasteiger partial charge in [0, 0.05) is 19.6 Å². The SMILES string of the molecule is O=C(O)C1CC(C(F)(F)F)CCN1C(=O)CN1CCOCC1. The Morgan fingerprint density at radius 1 is 1.18 bits per heavy atom. The lowest BCUT2D eigenvalue weighted by Gasteiger charge is -2.39. The minimum absolute atomic E-state index is 0.0177. The summed E-state index contributed by atoms with van der Waals surface area (Å²) in [5.74, 6) is -3.49. The molecule has 2 fully saturated rings. The predicted molar refractivity (Wildman–Crippen MR) is 69.2 cm³/mol. The molecule has 0 aliphatic carbocycles. The molecule has 2 aliphatic rings. The summed E-state index contributed by atoms with van der Waals surface area (Å²) in [5, 5.41) is 9.15. The summed E-state index contributed by atoms with van der Waals surface area (Å²) in [6.45, 7) is 1.94. The highest BCUT2D eigenvalue weighted by Crippen LogP contribution is 2.36. The van der Waals surface area contributed by atoms with Gasteiger partial charge < -0.3 is 14.7 Å². The number of hydrogen-bond acceptors (Lipinski definition) is 4. The van der Waals surface area contributed by atoms with E-state index < -0.39 is 36.4 Å². The van der Waals surface area contributed by atoms with E-state index in [1.165, 1.54) is 0 Å². The van der Waals surface area contributed by atoms with E-state index in [0.29, 0.717) is 26.3 Å². The molecule has 0 aromatic rings. The second-order valence-electron chi connectivity index (χ2n) is 5.59. The fourth-order valence-corrected chi connectivity index (χ4v) is 2.84. The van der Waals surface area contributed by atoms with E-state index in [9.17, 15) is 22.8 Å². The van der Waals surface area contributed by atoms with Crippen molar-refractivity contribution in [1.29, 1.82) is 0 Å². The number of alkyl halides is 3. The van der Waals surface area contributed by atoms with Crippen molar-refractivity contribution in [3.8, 4) is 0 Å². The molecule has 9 heteroatoms. The maximum atomic E-state index is 12.8. The third kappa shape index (κ3) is 4.10. The number of halogens is 3. The third-order valence-corrected chi connectivity index (χ3v) is 4.13. The Morgan fingerprint density at radius 2 is 1.82 bits per heavy atom. The van der Waals surface area contributed by atoms with Crippen LogP contribution in [0.5, 0.6) is 0 Å². The quantitative estimate of drug-likeness (QED) is 0.822. The summed E-state index contributed by atoms with van der Waals surface area (Å²) in [6, 6.07) is -1.41. The van der Waals surface area contributed by atoms with E-state index in [4.69, 9.17) is 9.84 Å². The molecule has 22 heavy (non-hydrogen) atoms. The molecule has 0 bridgehead atoms. The molecule has 2 heterocycles. The van der Waals surface area contributed by atoms with Crippen LogP contribution in [0.15, 0.2) is 0 Å². The average Bonchev–Trinajstić information content (AvgIpc) is 2.46. The van der Waals surface area contributed by atoms with Crippen molar-refractivity contribution in [2.45, 2.75) is 25.1 Å². The van der Waals surface area contributed by atoms with Crippen LogP contribution in [0.3, 0.4) is 0 Å². The smallest absolute Gasteiger partial charge is 0.391 e. The fraction of sp³-hybridized carbons (Fsp3) is 0.846. The van der Waals surface area contributed by atoms with Gasteiger partial charge in [-0.2, -0.15) is 13.2 Å². The first kappa shape index (κ1) is 17.0. The molecular weight excluding hydrogens is 305 g/mol. The number of carboxylic acids is 1. The average molecular weight is 324 g/mol. The Kier molecular flexibility index (Phi) is 5.28. The van der Waals surface area contributed by atoms with Gasteiger partial charge in [0.25, 0.3) is 0 Å². The number of amides is 1. The molecule has 126 valence electrons. The van der Waals surface area contributed by atoms with Gasteiger partial charge in [-0.05, 0) is 12.8 Å². The van der Waals surface area contributed by atoms with Crippen LogP contribution in [0.4, 0.5) is 13.2 Å². The highest BCUT2D eigenvalue weighted by atomic mass is 19.4. The molecule has 2 unspecified atom stereocenters. The highest BCUT2D eigenvalue weighted by Gasteiger charge is 2.47. The van der Waals surface area contributed by atoms with Gasteiger partial charge in [-0.3, -0.25) is 9.69 Å². The van der Waals surface area contributed by atoms with Crippen LogP contribution < -0.4 is 0 Å². The van der Waals surface area contributed by atoms with Gasteiger partial charge in [0.15, 0.2) is 0 Å². The lowest BCUT2D eigenvalue weighted by molar-refractivity contribution is -0.194. The first-order chi connectivity index (χ1) is 10.3. The first-order valence-corrected chi connectivity index (χ1v) is 7.18. The summed E-state index contributed by atoms with van der Waals surface area (Å²) in [6.07, 6.45) is -5.25. The summed E-state index contributed by atoms with van der Waals surface area (Å²) in [7, 11) is 0. The molecule has 6 nitrogen and oxygen atoms in total. The van der Waals surface area contributed by atoms with Gasteiger partial charge in [0.1, 0.15) is 6.04 Å². The zero-order chi connectivity index (χ0) is 16.3. The minimum Gasteiger partial charge on any atom is -0.480 e. The van der Waals surface area contributed by atoms with Crippen molar-refractivity contribution in [3.63, 3.8) is 0 Å². The number of morpholine rings is 1. The van der Waals surface area contributed by atoms with Crippen LogP contribution in [0, 0.1) is 5.92 Å². The molecule has 0 spiro atoms. The maximum Gasteiger partial charge on any atom is 0.391 e. The van der Waals surface area contributed by atoms with Crippen molar-refractivity contribution in [2.75, 3.05) is 39.4 Å². The van der Waals surface area contributed by atoms with Gasteiger partial charge in [-0.1, -0.05) is 0 Å². The van der Waals surface area contributed by atoms with Crippen LogP contribution >= 0.6 is 0 Å². The summed E-state index contributed by atoms with van der Waals surface area (Å²) in [4.78, 5) is 26.4. The van der Waals surface area contributed by atoms with E-state index in [2.05, 4.69) is 0 Å². The zero-order valence-electron chi connectivity index (χ0n) is 12.0. The number of ether oxygens (including phenoxy) is 1. The number of hydrogen-bond donors (Lipinski definition) is 1. The van der Waals surface area contributed by atoms with Crippen molar-refractivity contribution in [2.24, 2.45) is 5.92 Å². The van der Waals surface area contributed by atoms with Crippen molar-refractivity contribution < 1.29 is 32.6 Å². The molecule has 2 saturated heterocycles. The van der Waals surface area contributed by atoms with Crippen LogP contribution in [-0.4, -0.2) is 78.4 Å². The lowest BCUT2D eigenvalue weighted by Crippen LogP contribution is -2.55. The molecular formula is C13H19F3N2O4. The van der Waals surface area contributed by atoms with Gasteiger partial charge in [-0.25, -0.2) is 4.79 Å². The van der Waals surface area contributed by atoms with Crippen LogP contribution in [0.1, 0.15) is 12.8 Å². The Labute approximate surface area is 125 Å². The number of nitrogens with zero attached hydrogens (tertiary/aromatic N) is 2. The van der Waals surface area contributed by atoms with Crippen molar-refractivity contribution >= 4 is 11.9 Å². The van der Waals surface area contributed by atoms with Crippen molar-refractivity contribution in [1.82, 2.24) is 9.80 Å². The number of likely N-dealkylation sites (tertiary alicyclic amines) is 1. The predicted octanol–water partition coefficient (Wildman–Crippen LogP) is 0.573. The molecule has 0 aromatic heterocycles. The lowest BCUT2D eigenvalue weighted by atomic mass is 9.90. The second kappa shape index (κ2) is 6.82. The number of aliphatic carboxylic acids is 1. The highest BCUT2D eigenvalue weighted by molar-refractivity contribution is 5.85. The van der Waals surface area contributed by atoms with E-state index in [1.54, 1.807) is 0 Å². The summed E-state index contributed by atoms with van der Waals surface area (Å²) >= 11 is 0. The van der Waals surface area contributed by atoms with E-state index in [-0.39, 0.29) is 19.5 Å². The molecule has 2 atom stereocenters. The fourth-order valence-electron chi connectivity index (χ4n) is 2.84. The molecule has 0 saturated carbocycles. The second-order valence-corrected chi connectivity index (χ2v) is 5.59. The number of rotatable bonds is 3. The molecule has 2 rings (SSSR count). The molecule has 1 N–H and O–H groups in total. The Hall–Kier alpha value is -1.35. The van der Waals surface area contributed by atoms with Gasteiger partial charge in [-0.15, -0.1) is 0 Å². The van der Waals surface area contributed by atoms with Crippen molar-refractivity contribution in [3.05, 3.63) is 0 Å². The van der Waals surface area contributed by atoms with E-state index in [1.807, 2.05) is 4.90 Å². The number of carbonyl (C=O) groups excluding carboxylic acids is 1. The topological polar surface area (TPSA) is 70.1 Å². The largest absolute Gasteiger partial charge is 0.480 e. The van der Waals surface area contributed by atoms with E-state index >= 15 is 0 Å². The van der Waals surface area contributed by atoms with E-state index in [0.717, 1.165) is 4.90 Å². The van der Waals surface area contributed by atoms with Gasteiger partial charge in [0.2, 0.25) is 5.91 Å².